The summed E-state index contributed by atoms with van der Waals surface area (Å²) in [5, 5.41) is 3.16. The van der Waals surface area contributed by atoms with Crippen LogP contribution in [0.15, 0.2) is 12.1 Å². The Bertz CT molecular complexity index is 373. The lowest BCUT2D eigenvalue weighted by Crippen LogP contribution is -2.32. The van der Waals surface area contributed by atoms with Crippen LogP contribution in [0, 0.1) is 22.9 Å². The average Bonchev–Trinajstić information content (AvgIpc) is 2.20. The molecule has 0 fully saturated rings. The van der Waals surface area contributed by atoms with E-state index in [-0.39, 0.29) is 11.5 Å². The van der Waals surface area contributed by atoms with Gasteiger partial charge in [-0.05, 0) is 29.7 Å². The average molecular weight is 245 g/mol. The molecule has 17 heavy (non-hydrogen) atoms. The van der Waals surface area contributed by atoms with Crippen LogP contribution in [-0.4, -0.2) is 6.54 Å². The summed E-state index contributed by atoms with van der Waals surface area (Å²) in [6, 6.07) is 1.88. The summed E-state index contributed by atoms with van der Waals surface area (Å²) >= 11 is 0. The quantitative estimate of drug-likeness (QED) is 0.799. The first kappa shape index (κ1) is 14.0. The van der Waals surface area contributed by atoms with Crippen molar-refractivity contribution in [1.29, 1.82) is 0 Å². The van der Waals surface area contributed by atoms with E-state index in [1.807, 2.05) is 27.7 Å². The molecule has 4 heteroatoms. The van der Waals surface area contributed by atoms with Crippen LogP contribution in [0.4, 0.5) is 13.2 Å². The topological polar surface area (TPSA) is 12.0 Å². The van der Waals surface area contributed by atoms with Gasteiger partial charge in [-0.3, -0.25) is 0 Å². The van der Waals surface area contributed by atoms with Crippen molar-refractivity contribution < 1.29 is 13.2 Å². The third kappa shape index (κ3) is 3.22. The van der Waals surface area contributed by atoms with Crippen molar-refractivity contribution in [2.24, 2.45) is 5.41 Å². The highest BCUT2D eigenvalue weighted by atomic mass is 19.2. The number of benzene rings is 1. The molecule has 0 radical (unpaired) electrons. The summed E-state index contributed by atoms with van der Waals surface area (Å²) in [6.07, 6.45) is 0. The van der Waals surface area contributed by atoms with Crippen molar-refractivity contribution in [2.45, 2.75) is 33.7 Å². The second-order valence-corrected chi connectivity index (χ2v) is 5.16. The molecular weight excluding hydrogens is 227 g/mol. The van der Waals surface area contributed by atoms with Gasteiger partial charge in [0.25, 0.3) is 0 Å². The fourth-order valence-corrected chi connectivity index (χ4v) is 1.87. The molecule has 1 nitrogen and oxygen atoms in total. The Morgan fingerprint density at radius 3 is 1.94 bits per heavy atom. The number of rotatable bonds is 3. The molecule has 0 spiro atoms. The van der Waals surface area contributed by atoms with E-state index in [1.165, 1.54) is 0 Å². The molecule has 1 unspecified atom stereocenters. The maximum atomic E-state index is 13.2. The van der Waals surface area contributed by atoms with Crippen LogP contribution < -0.4 is 5.32 Å². The maximum Gasteiger partial charge on any atom is 0.194 e. The molecule has 0 aromatic heterocycles. The Balaban J connectivity index is 3.20. The predicted molar refractivity (Wildman–Crippen MR) is 62.2 cm³/mol. The molecule has 0 aliphatic heterocycles. The van der Waals surface area contributed by atoms with Gasteiger partial charge in [-0.25, -0.2) is 13.2 Å². The van der Waals surface area contributed by atoms with Crippen molar-refractivity contribution in [3.8, 4) is 0 Å². The van der Waals surface area contributed by atoms with Gasteiger partial charge in [0.2, 0.25) is 0 Å². The van der Waals surface area contributed by atoms with Gasteiger partial charge in [-0.2, -0.15) is 0 Å². The van der Waals surface area contributed by atoms with Crippen LogP contribution in [-0.2, 0) is 0 Å². The third-order valence-electron chi connectivity index (χ3n) is 2.61. The fourth-order valence-electron chi connectivity index (χ4n) is 1.87. The minimum Gasteiger partial charge on any atom is -0.310 e. The molecule has 1 aromatic carbocycles. The minimum atomic E-state index is -1.42. The van der Waals surface area contributed by atoms with Crippen molar-refractivity contribution >= 4 is 0 Å². The lowest BCUT2D eigenvalue weighted by molar-refractivity contribution is 0.274. The first-order chi connectivity index (χ1) is 7.77. The van der Waals surface area contributed by atoms with E-state index in [0.717, 1.165) is 12.1 Å². The van der Waals surface area contributed by atoms with E-state index < -0.39 is 17.5 Å². The van der Waals surface area contributed by atoms with Crippen LogP contribution in [0.1, 0.15) is 39.3 Å². The Morgan fingerprint density at radius 1 is 1.12 bits per heavy atom. The summed E-state index contributed by atoms with van der Waals surface area (Å²) < 4.78 is 39.3. The van der Waals surface area contributed by atoms with Crippen LogP contribution in [0.5, 0.6) is 0 Å². The first-order valence-electron chi connectivity index (χ1n) is 5.65. The lowest BCUT2D eigenvalue weighted by Gasteiger charge is -2.32. The lowest BCUT2D eigenvalue weighted by atomic mass is 9.82. The van der Waals surface area contributed by atoms with Crippen molar-refractivity contribution in [2.75, 3.05) is 6.54 Å². The van der Waals surface area contributed by atoms with Crippen LogP contribution in [0.2, 0.25) is 0 Å². The first-order valence-corrected chi connectivity index (χ1v) is 5.65. The van der Waals surface area contributed by atoms with Crippen molar-refractivity contribution in [1.82, 2.24) is 5.32 Å². The molecule has 1 rings (SSSR count). The van der Waals surface area contributed by atoms with E-state index in [0.29, 0.717) is 12.1 Å². The molecule has 0 aliphatic rings. The molecule has 0 bridgehead atoms. The van der Waals surface area contributed by atoms with Gasteiger partial charge in [0.1, 0.15) is 0 Å². The van der Waals surface area contributed by atoms with E-state index in [2.05, 4.69) is 5.32 Å². The largest absolute Gasteiger partial charge is 0.310 e. The second kappa shape index (κ2) is 5.08. The molecule has 0 saturated carbocycles. The number of hydrogen-bond acceptors (Lipinski definition) is 1. The zero-order chi connectivity index (χ0) is 13.2. The molecule has 0 heterocycles. The third-order valence-corrected chi connectivity index (χ3v) is 2.61. The van der Waals surface area contributed by atoms with Gasteiger partial charge in [0.05, 0.1) is 0 Å². The highest BCUT2D eigenvalue weighted by molar-refractivity contribution is 5.24. The second-order valence-electron chi connectivity index (χ2n) is 5.16. The van der Waals surface area contributed by atoms with Gasteiger partial charge in [-0.15, -0.1) is 0 Å². The molecule has 0 amide bonds. The monoisotopic (exact) mass is 245 g/mol. The highest BCUT2D eigenvalue weighted by Gasteiger charge is 2.27. The highest BCUT2D eigenvalue weighted by Crippen LogP contribution is 2.33. The Labute approximate surface area is 100 Å². The number of halogens is 3. The summed E-state index contributed by atoms with van der Waals surface area (Å²) in [7, 11) is 0. The number of hydrogen-bond donors (Lipinski definition) is 1. The summed E-state index contributed by atoms with van der Waals surface area (Å²) in [5.74, 6) is -3.71. The Hall–Kier alpha value is -1.03. The van der Waals surface area contributed by atoms with E-state index in [9.17, 15) is 13.2 Å². The molecule has 0 aliphatic carbocycles. The zero-order valence-electron chi connectivity index (χ0n) is 10.6. The van der Waals surface area contributed by atoms with Gasteiger partial charge >= 0.3 is 0 Å². The van der Waals surface area contributed by atoms with Gasteiger partial charge < -0.3 is 5.32 Å². The SMILES string of the molecule is CCNC(c1cc(F)c(F)c(F)c1)C(C)(C)C. The maximum absolute atomic E-state index is 13.2. The van der Waals surface area contributed by atoms with Crippen molar-refractivity contribution in [3.05, 3.63) is 35.1 Å². The molecular formula is C13H18F3N. The van der Waals surface area contributed by atoms with Crippen LogP contribution in [0.3, 0.4) is 0 Å². The van der Waals surface area contributed by atoms with Crippen LogP contribution >= 0.6 is 0 Å². The van der Waals surface area contributed by atoms with E-state index >= 15 is 0 Å². The molecule has 1 aromatic rings. The fraction of sp³-hybridized carbons (Fsp3) is 0.538. The molecule has 1 N–H and O–H groups in total. The molecule has 1 atom stereocenters. The molecule has 96 valence electrons. The zero-order valence-corrected chi connectivity index (χ0v) is 10.6. The number of nitrogens with one attached hydrogen (secondary N) is 1. The predicted octanol–water partition coefficient (Wildman–Crippen LogP) is 3.80. The summed E-state index contributed by atoms with van der Waals surface area (Å²) in [5.41, 5.74) is 0.211. The van der Waals surface area contributed by atoms with E-state index in [4.69, 9.17) is 0 Å². The smallest absolute Gasteiger partial charge is 0.194 e. The summed E-state index contributed by atoms with van der Waals surface area (Å²) in [6.45, 7) is 8.45. The van der Waals surface area contributed by atoms with Crippen molar-refractivity contribution in [3.63, 3.8) is 0 Å². The van der Waals surface area contributed by atoms with Gasteiger partial charge in [0, 0.05) is 6.04 Å². The van der Waals surface area contributed by atoms with Gasteiger partial charge in [-0.1, -0.05) is 27.7 Å². The summed E-state index contributed by atoms with van der Waals surface area (Å²) in [4.78, 5) is 0. The Morgan fingerprint density at radius 2 is 1.59 bits per heavy atom. The minimum absolute atomic E-state index is 0.216. The molecule has 0 saturated heterocycles. The Kier molecular flexibility index (Phi) is 4.20. The van der Waals surface area contributed by atoms with Gasteiger partial charge in [0.15, 0.2) is 17.5 Å². The van der Waals surface area contributed by atoms with E-state index in [1.54, 1.807) is 0 Å². The normalized spacial score (nSPS) is 13.8. The standard InChI is InChI=1S/C13H18F3N/c1-5-17-12(13(2,3)4)8-6-9(14)11(16)10(15)7-8/h6-7,12,17H,5H2,1-4H3. The van der Waals surface area contributed by atoms with Crippen LogP contribution in [0.25, 0.3) is 0 Å².